The topological polar surface area (TPSA) is 41.1 Å². The normalized spacial score (nSPS) is 22.2. The average molecular weight is 296 g/mol. The van der Waals surface area contributed by atoms with Gasteiger partial charge >= 0.3 is 0 Å². The first-order valence-electron chi connectivity index (χ1n) is 9.25. The van der Waals surface area contributed by atoms with Crippen LogP contribution in [0.3, 0.4) is 0 Å². The van der Waals surface area contributed by atoms with E-state index in [-0.39, 0.29) is 5.91 Å². The Morgan fingerprint density at radius 2 is 1.62 bits per heavy atom. The van der Waals surface area contributed by atoms with Gasteiger partial charge in [-0.1, -0.05) is 58.3 Å². The molecule has 0 aliphatic carbocycles. The zero-order chi connectivity index (χ0) is 15.3. The molecule has 0 aromatic carbocycles. The molecule has 1 aliphatic rings. The van der Waals surface area contributed by atoms with Crippen molar-refractivity contribution in [3.8, 4) is 0 Å². The van der Waals surface area contributed by atoms with Crippen LogP contribution in [0.25, 0.3) is 0 Å². The van der Waals surface area contributed by atoms with Crippen LogP contribution in [0.5, 0.6) is 0 Å². The molecule has 0 spiro atoms. The van der Waals surface area contributed by atoms with Gasteiger partial charge in [-0.3, -0.25) is 4.79 Å². The van der Waals surface area contributed by atoms with Crippen molar-refractivity contribution in [2.24, 2.45) is 0 Å². The zero-order valence-electron chi connectivity index (χ0n) is 14.3. The fraction of sp³-hybridized carbons (Fsp3) is 0.944. The van der Waals surface area contributed by atoms with Crippen LogP contribution in [0.2, 0.25) is 0 Å². The molecule has 1 fully saturated rings. The van der Waals surface area contributed by atoms with Gasteiger partial charge in [-0.2, -0.15) is 0 Å². The summed E-state index contributed by atoms with van der Waals surface area (Å²) in [5.41, 5.74) is 0. The molecule has 2 atom stereocenters. The number of amides is 1. The number of unbranched alkanes of at least 4 members (excludes halogenated alkanes) is 8. The lowest BCUT2D eigenvalue weighted by Crippen LogP contribution is -2.48. The third kappa shape index (κ3) is 9.89. The highest BCUT2D eigenvalue weighted by Crippen LogP contribution is 2.11. The summed E-state index contributed by atoms with van der Waals surface area (Å²) in [6.07, 6.45) is 14.8. The number of carbonyl (C=O) groups is 1. The second kappa shape index (κ2) is 12.0. The largest absolute Gasteiger partial charge is 0.352 e. The molecule has 0 bridgehead atoms. The summed E-state index contributed by atoms with van der Waals surface area (Å²) in [6, 6.07) is 0.961. The van der Waals surface area contributed by atoms with Gasteiger partial charge in [0.1, 0.15) is 0 Å². The van der Waals surface area contributed by atoms with E-state index in [0.717, 1.165) is 19.4 Å². The SMILES string of the molecule is CCCCCCCCCCCC(=O)NC1CCC(C)NC1. The summed E-state index contributed by atoms with van der Waals surface area (Å²) in [7, 11) is 0. The van der Waals surface area contributed by atoms with Crippen molar-refractivity contribution in [2.75, 3.05) is 6.54 Å². The minimum absolute atomic E-state index is 0.249. The van der Waals surface area contributed by atoms with E-state index in [1.54, 1.807) is 0 Å². The Labute approximate surface area is 131 Å². The Morgan fingerprint density at radius 1 is 1.00 bits per heavy atom. The molecular formula is C18H36N2O. The Kier molecular flexibility index (Phi) is 10.6. The highest BCUT2D eigenvalue weighted by molar-refractivity contribution is 5.76. The summed E-state index contributed by atoms with van der Waals surface area (Å²) in [4.78, 5) is 11.9. The molecule has 0 saturated carbocycles. The highest BCUT2D eigenvalue weighted by Gasteiger charge is 2.18. The van der Waals surface area contributed by atoms with Crippen LogP contribution < -0.4 is 10.6 Å². The molecule has 1 saturated heterocycles. The molecule has 2 unspecified atom stereocenters. The van der Waals surface area contributed by atoms with Gasteiger partial charge in [0.05, 0.1) is 0 Å². The van der Waals surface area contributed by atoms with Gasteiger partial charge in [-0.05, 0) is 26.2 Å². The van der Waals surface area contributed by atoms with Gasteiger partial charge in [0.2, 0.25) is 5.91 Å². The van der Waals surface area contributed by atoms with Gasteiger partial charge in [-0.25, -0.2) is 0 Å². The van der Waals surface area contributed by atoms with Crippen LogP contribution in [0, 0.1) is 0 Å². The van der Waals surface area contributed by atoms with Crippen molar-refractivity contribution >= 4 is 5.91 Å². The Balaban J connectivity index is 1.87. The van der Waals surface area contributed by atoms with Crippen molar-refractivity contribution in [1.82, 2.24) is 10.6 Å². The Morgan fingerprint density at radius 3 is 2.19 bits per heavy atom. The first kappa shape index (κ1) is 18.5. The fourth-order valence-electron chi connectivity index (χ4n) is 3.02. The first-order chi connectivity index (χ1) is 10.2. The molecule has 124 valence electrons. The summed E-state index contributed by atoms with van der Waals surface area (Å²) < 4.78 is 0. The van der Waals surface area contributed by atoms with Gasteiger partial charge in [0, 0.05) is 25.0 Å². The molecule has 3 heteroatoms. The van der Waals surface area contributed by atoms with E-state index in [0.29, 0.717) is 18.5 Å². The van der Waals surface area contributed by atoms with Crippen LogP contribution in [-0.2, 0) is 4.79 Å². The molecule has 1 amide bonds. The molecule has 2 N–H and O–H groups in total. The average Bonchev–Trinajstić information content (AvgIpc) is 2.48. The molecule has 1 heterocycles. The second-order valence-electron chi connectivity index (χ2n) is 6.73. The third-order valence-electron chi connectivity index (χ3n) is 4.53. The Bertz CT molecular complexity index is 260. The van der Waals surface area contributed by atoms with Crippen LogP contribution in [0.1, 0.15) is 90.9 Å². The number of hydrogen-bond donors (Lipinski definition) is 2. The maximum atomic E-state index is 11.9. The molecule has 1 rings (SSSR count). The molecule has 0 aromatic rings. The number of nitrogens with one attached hydrogen (secondary N) is 2. The molecule has 0 radical (unpaired) electrons. The minimum Gasteiger partial charge on any atom is -0.352 e. The lowest BCUT2D eigenvalue weighted by Gasteiger charge is -2.28. The smallest absolute Gasteiger partial charge is 0.220 e. The van der Waals surface area contributed by atoms with Crippen LogP contribution in [0.4, 0.5) is 0 Å². The maximum Gasteiger partial charge on any atom is 0.220 e. The highest BCUT2D eigenvalue weighted by atomic mass is 16.1. The van der Waals surface area contributed by atoms with Crippen molar-refractivity contribution < 1.29 is 4.79 Å². The van der Waals surface area contributed by atoms with E-state index in [4.69, 9.17) is 0 Å². The third-order valence-corrected chi connectivity index (χ3v) is 4.53. The van der Waals surface area contributed by atoms with Gasteiger partial charge in [0.15, 0.2) is 0 Å². The Hall–Kier alpha value is -0.570. The van der Waals surface area contributed by atoms with Crippen LogP contribution >= 0.6 is 0 Å². The van der Waals surface area contributed by atoms with E-state index in [9.17, 15) is 4.79 Å². The monoisotopic (exact) mass is 296 g/mol. The molecule has 0 aromatic heterocycles. The van der Waals surface area contributed by atoms with Crippen molar-refractivity contribution in [1.29, 1.82) is 0 Å². The predicted molar refractivity (Wildman–Crippen MR) is 90.5 cm³/mol. The van der Waals surface area contributed by atoms with E-state index in [1.807, 2.05) is 0 Å². The quantitative estimate of drug-likeness (QED) is 0.562. The van der Waals surface area contributed by atoms with Gasteiger partial charge in [0.25, 0.3) is 0 Å². The standard InChI is InChI=1S/C18H36N2O/c1-3-4-5-6-7-8-9-10-11-12-18(21)20-17-14-13-16(2)19-15-17/h16-17,19H,3-15H2,1-2H3,(H,20,21). The summed E-state index contributed by atoms with van der Waals surface area (Å²) in [6.45, 7) is 5.40. The summed E-state index contributed by atoms with van der Waals surface area (Å²) in [5.74, 6) is 0.249. The van der Waals surface area contributed by atoms with E-state index < -0.39 is 0 Å². The van der Waals surface area contributed by atoms with Crippen LogP contribution in [0.15, 0.2) is 0 Å². The van der Waals surface area contributed by atoms with Crippen molar-refractivity contribution in [3.63, 3.8) is 0 Å². The minimum atomic E-state index is 0.249. The van der Waals surface area contributed by atoms with E-state index in [2.05, 4.69) is 24.5 Å². The summed E-state index contributed by atoms with van der Waals surface area (Å²) >= 11 is 0. The van der Waals surface area contributed by atoms with Crippen molar-refractivity contribution in [3.05, 3.63) is 0 Å². The lowest BCUT2D eigenvalue weighted by molar-refractivity contribution is -0.122. The number of rotatable bonds is 11. The molecular weight excluding hydrogens is 260 g/mol. The zero-order valence-corrected chi connectivity index (χ0v) is 14.3. The lowest BCUT2D eigenvalue weighted by atomic mass is 10.0. The predicted octanol–water partition coefficient (Wildman–Crippen LogP) is 4.16. The number of piperidine rings is 1. The van der Waals surface area contributed by atoms with Gasteiger partial charge in [-0.15, -0.1) is 0 Å². The molecule has 1 aliphatic heterocycles. The van der Waals surface area contributed by atoms with Gasteiger partial charge < -0.3 is 10.6 Å². The van der Waals surface area contributed by atoms with Crippen LogP contribution in [-0.4, -0.2) is 24.5 Å². The van der Waals surface area contributed by atoms with Crippen molar-refractivity contribution in [2.45, 2.75) is 103 Å². The van der Waals surface area contributed by atoms with E-state index in [1.165, 1.54) is 57.8 Å². The maximum absolute atomic E-state index is 11.9. The molecule has 3 nitrogen and oxygen atoms in total. The number of hydrogen-bond acceptors (Lipinski definition) is 2. The fourth-order valence-corrected chi connectivity index (χ4v) is 3.02. The van der Waals surface area contributed by atoms with E-state index >= 15 is 0 Å². The second-order valence-corrected chi connectivity index (χ2v) is 6.73. The molecule has 21 heavy (non-hydrogen) atoms. The number of carbonyl (C=O) groups excluding carboxylic acids is 1. The summed E-state index contributed by atoms with van der Waals surface area (Å²) in [5, 5.41) is 6.59. The first-order valence-corrected chi connectivity index (χ1v) is 9.25.